The molecule has 0 spiro atoms. The fourth-order valence-corrected chi connectivity index (χ4v) is 6.88. The molecule has 6 heteroatoms. The van der Waals surface area contributed by atoms with Crippen LogP contribution >= 0.6 is 0 Å². The molecule has 0 fully saturated rings. The summed E-state index contributed by atoms with van der Waals surface area (Å²) in [4.78, 5) is 9.98. The van der Waals surface area contributed by atoms with Crippen molar-refractivity contribution in [2.75, 3.05) is 0 Å². The maximum atomic E-state index is 6.73. The van der Waals surface area contributed by atoms with Crippen LogP contribution in [0.1, 0.15) is 95.7 Å². The van der Waals surface area contributed by atoms with E-state index in [0.717, 1.165) is 44.5 Å². The van der Waals surface area contributed by atoms with Crippen molar-refractivity contribution in [3.05, 3.63) is 131 Å². The summed E-state index contributed by atoms with van der Waals surface area (Å²) in [6.45, 7) is 23.9. The summed E-state index contributed by atoms with van der Waals surface area (Å²) in [7, 11) is 0. The number of aryl methyl sites for hydroxylation is 2. The van der Waals surface area contributed by atoms with E-state index in [4.69, 9.17) is 19.5 Å². The van der Waals surface area contributed by atoms with Crippen LogP contribution in [0.4, 0.5) is 0 Å². The van der Waals surface area contributed by atoms with Crippen LogP contribution in [0.2, 0.25) is 0 Å². The van der Waals surface area contributed by atoms with E-state index < -0.39 is 11.1 Å². The summed E-state index contributed by atoms with van der Waals surface area (Å²) >= 11 is 0. The van der Waals surface area contributed by atoms with Gasteiger partial charge < -0.3 is 14.0 Å². The van der Waals surface area contributed by atoms with E-state index in [1.54, 1.807) is 0 Å². The smallest absolute Gasteiger partial charge is 0.508 e. The second-order valence-corrected chi connectivity index (χ2v) is 16.5. The molecule has 6 aromatic rings. The number of pyridine rings is 1. The second-order valence-electron chi connectivity index (χ2n) is 16.5. The van der Waals surface area contributed by atoms with Gasteiger partial charge >= 0.3 is 21.1 Å². The van der Waals surface area contributed by atoms with E-state index in [-0.39, 0.29) is 31.9 Å². The molecule has 7 rings (SSSR count). The molecule has 0 saturated carbocycles. The first-order valence-electron chi connectivity index (χ1n) is 17.5. The van der Waals surface area contributed by atoms with Gasteiger partial charge in [0.2, 0.25) is 0 Å². The number of hydrogen-bond acceptors (Lipinski definition) is 4. The van der Waals surface area contributed by atoms with E-state index in [2.05, 4.69) is 141 Å². The molecule has 0 unspecified atom stereocenters. The van der Waals surface area contributed by atoms with Crippen molar-refractivity contribution < 1.29 is 30.5 Å². The van der Waals surface area contributed by atoms with Crippen LogP contribution in [0.3, 0.4) is 0 Å². The van der Waals surface area contributed by atoms with Crippen LogP contribution in [-0.4, -0.2) is 21.0 Å². The molecule has 2 aromatic heterocycles. The molecule has 264 valence electrons. The predicted octanol–water partition coefficient (Wildman–Crippen LogP) is 11.3. The van der Waals surface area contributed by atoms with Gasteiger partial charge in [0.15, 0.2) is 0 Å². The third-order valence-electron chi connectivity index (χ3n) is 10.4. The Balaban J connectivity index is 0.00000448. The number of aromatic nitrogens is 2. The standard InChI is InChI=1S/C45H47N3O2.Pt/c1-28-23-29(2)39(27-35(28)41-47-44(9,10)45(11,50-41)30-15-13-12-14-16-30)49-33-18-19-34-36-24-31(42(3,4)5)17-20-37(36)48(38(34)26-33)40-25-32(21-22-46-40)43(6,7)8;/h12-25H,1-11H3;/q-2;+2/t45-;/m0./s1. The molecule has 5 nitrogen and oxygen atoms in total. The molecular weight excluding hydrogens is 810 g/mol. The Bertz CT molecular complexity index is 2300. The van der Waals surface area contributed by atoms with Crippen molar-refractivity contribution in [2.24, 2.45) is 4.99 Å². The Kier molecular flexibility index (Phi) is 9.16. The predicted molar refractivity (Wildman–Crippen MR) is 205 cm³/mol. The van der Waals surface area contributed by atoms with Crippen molar-refractivity contribution >= 4 is 27.7 Å². The molecule has 0 aliphatic carbocycles. The fourth-order valence-electron chi connectivity index (χ4n) is 6.88. The third-order valence-corrected chi connectivity index (χ3v) is 10.4. The zero-order chi connectivity index (χ0) is 35.8. The molecule has 1 atom stereocenters. The van der Waals surface area contributed by atoms with Crippen molar-refractivity contribution in [3.8, 4) is 17.3 Å². The molecule has 4 aromatic carbocycles. The number of fused-ring (bicyclic) bond motifs is 3. The van der Waals surface area contributed by atoms with Crippen molar-refractivity contribution in [1.29, 1.82) is 0 Å². The van der Waals surface area contributed by atoms with Crippen LogP contribution in [0.15, 0.2) is 90.1 Å². The second kappa shape index (κ2) is 12.8. The SMILES string of the molecule is Cc1cc(C)c(C2=NC(C)(C)[C@](C)(c3ccccc3)O2)[c-]c1Oc1[c-]c2c(cc1)c1cc(C(C)(C)C)ccc1n2-c1cc(C(C)(C)C)ccn1.[Pt+2]. The average Bonchev–Trinajstić information content (AvgIpc) is 3.51. The van der Waals surface area contributed by atoms with Gasteiger partial charge in [0.1, 0.15) is 17.3 Å². The molecule has 0 saturated heterocycles. The van der Waals surface area contributed by atoms with Crippen LogP contribution in [0, 0.1) is 26.0 Å². The van der Waals surface area contributed by atoms with Gasteiger partial charge in [-0.2, -0.15) is 6.07 Å². The van der Waals surface area contributed by atoms with Crippen molar-refractivity contribution in [3.63, 3.8) is 0 Å². The number of ether oxygens (including phenoxy) is 2. The largest absolute Gasteiger partial charge is 2.00 e. The van der Waals surface area contributed by atoms with Gasteiger partial charge in [-0.25, -0.2) is 4.98 Å². The fraction of sp³-hybridized carbons (Fsp3) is 0.333. The summed E-state index contributed by atoms with van der Waals surface area (Å²) in [5.41, 5.74) is 7.24. The third kappa shape index (κ3) is 6.44. The Hall–Kier alpha value is -4.21. The van der Waals surface area contributed by atoms with Crippen molar-refractivity contribution in [2.45, 2.75) is 98.1 Å². The van der Waals surface area contributed by atoms with Crippen LogP contribution in [0.5, 0.6) is 11.5 Å². The number of hydrogen-bond donors (Lipinski definition) is 0. The van der Waals surface area contributed by atoms with Crippen LogP contribution in [0.25, 0.3) is 27.6 Å². The zero-order valence-electron chi connectivity index (χ0n) is 31.6. The molecule has 0 N–H and O–H groups in total. The van der Waals surface area contributed by atoms with E-state index in [1.165, 1.54) is 16.5 Å². The van der Waals surface area contributed by atoms with E-state index >= 15 is 0 Å². The topological polar surface area (TPSA) is 48.6 Å². The minimum atomic E-state index is -0.632. The molecule has 0 radical (unpaired) electrons. The first-order chi connectivity index (χ1) is 23.5. The van der Waals surface area contributed by atoms with Crippen LogP contribution in [-0.2, 0) is 42.2 Å². The van der Waals surface area contributed by atoms with E-state index in [9.17, 15) is 0 Å². The minimum Gasteiger partial charge on any atom is -0.508 e. The normalized spacial score (nSPS) is 17.3. The maximum Gasteiger partial charge on any atom is 2.00 e. The first kappa shape index (κ1) is 36.6. The molecule has 0 bridgehead atoms. The van der Waals surface area contributed by atoms with E-state index in [1.807, 2.05) is 37.4 Å². The molecule has 1 aliphatic heterocycles. The summed E-state index contributed by atoms with van der Waals surface area (Å²) in [6, 6.07) is 34.8. The number of aliphatic imine (C=N–C) groups is 1. The summed E-state index contributed by atoms with van der Waals surface area (Å²) in [5, 5.41) is 2.27. The monoisotopic (exact) mass is 856 g/mol. The zero-order valence-corrected chi connectivity index (χ0v) is 33.8. The summed E-state index contributed by atoms with van der Waals surface area (Å²) < 4.78 is 15.6. The summed E-state index contributed by atoms with van der Waals surface area (Å²) in [6.07, 6.45) is 1.90. The van der Waals surface area contributed by atoms with Gasteiger partial charge in [-0.15, -0.1) is 29.1 Å². The summed E-state index contributed by atoms with van der Waals surface area (Å²) in [5.74, 6) is 2.64. The quantitative estimate of drug-likeness (QED) is 0.162. The van der Waals surface area contributed by atoms with Gasteiger partial charge in [0, 0.05) is 23.2 Å². The molecule has 1 aliphatic rings. The molecule has 0 amide bonds. The van der Waals surface area contributed by atoms with Crippen molar-refractivity contribution in [1.82, 2.24) is 9.55 Å². The van der Waals surface area contributed by atoms with Gasteiger partial charge in [-0.05, 0) is 71.9 Å². The van der Waals surface area contributed by atoms with E-state index in [0.29, 0.717) is 17.4 Å². The van der Waals surface area contributed by atoms with Gasteiger partial charge in [-0.1, -0.05) is 121 Å². The average molecular weight is 857 g/mol. The van der Waals surface area contributed by atoms with Gasteiger partial charge in [-0.3, -0.25) is 4.99 Å². The Morgan fingerprint density at radius 3 is 2.12 bits per heavy atom. The van der Waals surface area contributed by atoms with Gasteiger partial charge in [0.25, 0.3) is 0 Å². The number of benzene rings is 4. The van der Waals surface area contributed by atoms with Crippen LogP contribution < -0.4 is 4.74 Å². The molecule has 3 heterocycles. The Labute approximate surface area is 317 Å². The Morgan fingerprint density at radius 1 is 0.745 bits per heavy atom. The van der Waals surface area contributed by atoms with Gasteiger partial charge in [0.05, 0.1) is 5.54 Å². The maximum absolute atomic E-state index is 6.73. The number of rotatable bonds is 5. The molecular formula is C45H47N3O2Pt. The molecule has 51 heavy (non-hydrogen) atoms. The minimum absolute atomic E-state index is 0. The number of nitrogens with zero attached hydrogens (tertiary/aromatic N) is 3. The first-order valence-corrected chi connectivity index (χ1v) is 17.5. The Morgan fingerprint density at radius 2 is 1.43 bits per heavy atom.